The summed E-state index contributed by atoms with van der Waals surface area (Å²) in [4.78, 5) is 13.9. The lowest BCUT2D eigenvalue weighted by Crippen LogP contribution is -2.44. The third kappa shape index (κ3) is 3.40. The molecule has 4 heteroatoms. The van der Waals surface area contributed by atoms with Crippen LogP contribution >= 0.6 is 0 Å². The predicted molar refractivity (Wildman–Crippen MR) is 83.1 cm³/mol. The molecule has 3 rings (SSSR count). The molecule has 1 fully saturated rings. The highest BCUT2D eigenvalue weighted by Gasteiger charge is 2.15. The number of carbonyl (C=O) groups excluding carboxylic acids is 1. The van der Waals surface area contributed by atoms with Crippen molar-refractivity contribution in [2.45, 2.75) is 6.54 Å². The minimum absolute atomic E-state index is 0.151. The maximum atomic E-state index is 12.1. The monoisotopic (exact) mass is 284 g/mol. The fourth-order valence-electron chi connectivity index (χ4n) is 2.68. The molecule has 2 aromatic rings. The molecule has 1 N–H and O–H groups in total. The summed E-state index contributed by atoms with van der Waals surface area (Å²) in [5, 5.41) is 5.73. The largest absolute Gasteiger partial charge is 0.378 e. The number of benzene rings is 2. The molecule has 1 aliphatic heterocycles. The second kappa shape index (κ2) is 6.70. The fraction of sp³-hybridized carbons (Fsp3) is 0.353. The molecule has 4 nitrogen and oxygen atoms in total. The van der Waals surface area contributed by atoms with Crippen molar-refractivity contribution in [2.75, 3.05) is 32.8 Å². The molecular formula is C17H20N2O2. The molecular weight excluding hydrogens is 264 g/mol. The van der Waals surface area contributed by atoms with Gasteiger partial charge in [-0.25, -0.2) is 0 Å². The zero-order chi connectivity index (χ0) is 14.5. The molecule has 0 aliphatic carbocycles. The van der Waals surface area contributed by atoms with E-state index in [1.807, 2.05) is 17.0 Å². The van der Waals surface area contributed by atoms with Gasteiger partial charge in [-0.2, -0.15) is 0 Å². The highest BCUT2D eigenvalue weighted by Crippen LogP contribution is 2.18. The van der Waals surface area contributed by atoms with Gasteiger partial charge in [0, 0.05) is 19.6 Å². The maximum absolute atomic E-state index is 12.1. The van der Waals surface area contributed by atoms with E-state index >= 15 is 0 Å². The average molecular weight is 284 g/mol. The second-order valence-electron chi connectivity index (χ2n) is 5.23. The van der Waals surface area contributed by atoms with E-state index < -0.39 is 0 Å². The zero-order valence-electron chi connectivity index (χ0n) is 12.0. The molecule has 21 heavy (non-hydrogen) atoms. The summed E-state index contributed by atoms with van der Waals surface area (Å²) in [6, 6.07) is 14.6. The Labute approximate surface area is 124 Å². The Balaban J connectivity index is 1.58. The van der Waals surface area contributed by atoms with Crippen molar-refractivity contribution in [1.82, 2.24) is 10.2 Å². The van der Waals surface area contributed by atoms with Crippen LogP contribution in [-0.4, -0.2) is 43.7 Å². The summed E-state index contributed by atoms with van der Waals surface area (Å²) < 4.78 is 5.26. The normalized spacial score (nSPS) is 15.3. The molecule has 0 aromatic heterocycles. The minimum atomic E-state index is 0.151. The van der Waals surface area contributed by atoms with Crippen LogP contribution in [0, 0.1) is 0 Å². The van der Waals surface area contributed by atoms with Crippen molar-refractivity contribution in [3.05, 3.63) is 48.0 Å². The Morgan fingerprint density at radius 2 is 1.86 bits per heavy atom. The number of carbonyl (C=O) groups is 1. The molecule has 0 saturated carbocycles. The fourth-order valence-corrected chi connectivity index (χ4v) is 2.68. The predicted octanol–water partition coefficient (Wildman–Crippen LogP) is 1.79. The average Bonchev–Trinajstić information content (AvgIpc) is 2.56. The molecule has 1 amide bonds. The third-order valence-corrected chi connectivity index (χ3v) is 3.84. The highest BCUT2D eigenvalue weighted by molar-refractivity contribution is 5.85. The number of rotatable bonds is 4. The first-order valence-corrected chi connectivity index (χ1v) is 7.37. The standard InChI is InChI=1S/C17H20N2O2/c20-17(19-8-10-21-11-9-19)13-18-12-15-6-3-5-14-4-1-2-7-16(14)15/h1-7,18H,8-13H2. The number of nitrogens with zero attached hydrogens (tertiary/aromatic N) is 1. The Morgan fingerprint density at radius 1 is 1.10 bits per heavy atom. The van der Waals surface area contributed by atoms with Gasteiger partial charge in [0.15, 0.2) is 0 Å². The third-order valence-electron chi connectivity index (χ3n) is 3.84. The van der Waals surface area contributed by atoms with Gasteiger partial charge in [-0.3, -0.25) is 4.79 Å². The number of fused-ring (bicyclic) bond motifs is 1. The van der Waals surface area contributed by atoms with E-state index in [0.717, 1.165) is 0 Å². The van der Waals surface area contributed by atoms with Crippen molar-refractivity contribution < 1.29 is 9.53 Å². The molecule has 2 aromatic carbocycles. The summed E-state index contributed by atoms with van der Waals surface area (Å²) in [5.74, 6) is 0.151. The van der Waals surface area contributed by atoms with Crippen molar-refractivity contribution in [1.29, 1.82) is 0 Å². The summed E-state index contributed by atoms with van der Waals surface area (Å²) in [6.45, 7) is 3.79. The molecule has 0 bridgehead atoms. The highest BCUT2D eigenvalue weighted by atomic mass is 16.5. The van der Waals surface area contributed by atoms with Crippen LogP contribution in [0.2, 0.25) is 0 Å². The SMILES string of the molecule is O=C(CNCc1cccc2ccccc12)N1CCOCC1. The van der Waals surface area contributed by atoms with Gasteiger partial charge >= 0.3 is 0 Å². The molecule has 1 aliphatic rings. The molecule has 0 unspecified atom stereocenters. The van der Waals surface area contributed by atoms with Crippen LogP contribution in [0.5, 0.6) is 0 Å². The van der Waals surface area contributed by atoms with Gasteiger partial charge in [0.05, 0.1) is 19.8 Å². The van der Waals surface area contributed by atoms with E-state index in [1.54, 1.807) is 0 Å². The first-order valence-electron chi connectivity index (χ1n) is 7.37. The summed E-state index contributed by atoms with van der Waals surface area (Å²) in [7, 11) is 0. The second-order valence-corrected chi connectivity index (χ2v) is 5.23. The Kier molecular flexibility index (Phi) is 4.48. The van der Waals surface area contributed by atoms with E-state index in [2.05, 4.69) is 35.6 Å². The lowest BCUT2D eigenvalue weighted by molar-refractivity contribution is -0.134. The smallest absolute Gasteiger partial charge is 0.236 e. The lowest BCUT2D eigenvalue weighted by Gasteiger charge is -2.27. The first kappa shape index (κ1) is 14.0. The van der Waals surface area contributed by atoms with E-state index in [1.165, 1.54) is 16.3 Å². The van der Waals surface area contributed by atoms with Crippen LogP contribution < -0.4 is 5.32 Å². The molecule has 110 valence electrons. The van der Waals surface area contributed by atoms with Crippen molar-refractivity contribution >= 4 is 16.7 Å². The van der Waals surface area contributed by atoms with Gasteiger partial charge in [-0.15, -0.1) is 0 Å². The van der Waals surface area contributed by atoms with E-state index in [4.69, 9.17) is 4.74 Å². The number of ether oxygens (including phenoxy) is 1. The molecule has 0 spiro atoms. The van der Waals surface area contributed by atoms with Crippen LogP contribution in [0.4, 0.5) is 0 Å². The Morgan fingerprint density at radius 3 is 2.71 bits per heavy atom. The van der Waals surface area contributed by atoms with E-state index in [-0.39, 0.29) is 5.91 Å². The quantitative estimate of drug-likeness (QED) is 0.930. The van der Waals surface area contributed by atoms with Crippen LogP contribution in [0.1, 0.15) is 5.56 Å². The summed E-state index contributed by atoms with van der Waals surface area (Å²) in [5.41, 5.74) is 1.22. The van der Waals surface area contributed by atoms with Gasteiger partial charge in [-0.05, 0) is 16.3 Å². The summed E-state index contributed by atoms with van der Waals surface area (Å²) in [6.07, 6.45) is 0. The van der Waals surface area contributed by atoms with E-state index in [9.17, 15) is 4.79 Å². The van der Waals surface area contributed by atoms with E-state index in [0.29, 0.717) is 39.4 Å². The number of morpholine rings is 1. The number of amides is 1. The lowest BCUT2D eigenvalue weighted by atomic mass is 10.0. The van der Waals surface area contributed by atoms with Crippen molar-refractivity contribution in [3.8, 4) is 0 Å². The van der Waals surface area contributed by atoms with Crippen LogP contribution in [-0.2, 0) is 16.1 Å². The maximum Gasteiger partial charge on any atom is 0.236 e. The van der Waals surface area contributed by atoms with Gasteiger partial charge in [-0.1, -0.05) is 42.5 Å². The molecule has 0 atom stereocenters. The molecule has 1 saturated heterocycles. The van der Waals surface area contributed by atoms with Crippen LogP contribution in [0.25, 0.3) is 10.8 Å². The van der Waals surface area contributed by atoms with Crippen LogP contribution in [0.3, 0.4) is 0 Å². The summed E-state index contributed by atoms with van der Waals surface area (Å²) >= 11 is 0. The molecule has 1 heterocycles. The topological polar surface area (TPSA) is 41.6 Å². The number of hydrogen-bond donors (Lipinski definition) is 1. The van der Waals surface area contributed by atoms with Crippen LogP contribution in [0.15, 0.2) is 42.5 Å². The van der Waals surface area contributed by atoms with Gasteiger partial charge in [0.1, 0.15) is 0 Å². The van der Waals surface area contributed by atoms with Gasteiger partial charge < -0.3 is 15.0 Å². The minimum Gasteiger partial charge on any atom is -0.378 e. The van der Waals surface area contributed by atoms with Crippen molar-refractivity contribution in [3.63, 3.8) is 0 Å². The first-order chi connectivity index (χ1) is 10.3. The van der Waals surface area contributed by atoms with Gasteiger partial charge in [0.2, 0.25) is 5.91 Å². The Hall–Kier alpha value is -1.91. The van der Waals surface area contributed by atoms with Crippen molar-refractivity contribution in [2.24, 2.45) is 0 Å². The Bertz CT molecular complexity index is 616. The molecule has 0 radical (unpaired) electrons. The number of hydrogen-bond acceptors (Lipinski definition) is 3. The zero-order valence-corrected chi connectivity index (χ0v) is 12.0. The van der Waals surface area contributed by atoms with Gasteiger partial charge in [0.25, 0.3) is 0 Å². The number of nitrogens with one attached hydrogen (secondary N) is 1.